The Morgan fingerprint density at radius 1 is 1.33 bits per heavy atom. The zero-order valence-electron chi connectivity index (χ0n) is 11.9. The smallest absolute Gasteiger partial charge is 0.289 e. The van der Waals surface area contributed by atoms with E-state index in [2.05, 4.69) is 0 Å². The number of benzene rings is 1. The van der Waals surface area contributed by atoms with Gasteiger partial charge in [0.15, 0.2) is 4.90 Å². The van der Waals surface area contributed by atoms with Crippen LogP contribution in [0.5, 0.6) is 0 Å². The molecule has 1 fully saturated rings. The van der Waals surface area contributed by atoms with Gasteiger partial charge in [-0.25, -0.2) is 8.42 Å². The first kappa shape index (κ1) is 15.9. The first-order chi connectivity index (χ1) is 9.78. The largest absolute Gasteiger partial charge is 0.395 e. The molecule has 116 valence electrons. The summed E-state index contributed by atoms with van der Waals surface area (Å²) in [7, 11) is -3.98. The van der Waals surface area contributed by atoms with Gasteiger partial charge >= 0.3 is 0 Å². The topological polar surface area (TPSA) is 101 Å². The molecule has 0 amide bonds. The van der Waals surface area contributed by atoms with Crippen LogP contribution in [0.3, 0.4) is 0 Å². The molecule has 0 atom stereocenters. The van der Waals surface area contributed by atoms with Crippen LogP contribution in [0, 0.1) is 24.0 Å². The minimum absolute atomic E-state index is 0.0446. The Hall–Kier alpha value is -1.51. The molecule has 7 nitrogen and oxygen atoms in total. The van der Waals surface area contributed by atoms with E-state index in [0.717, 1.165) is 12.8 Å². The molecule has 1 aliphatic carbocycles. The molecule has 0 radical (unpaired) electrons. The van der Waals surface area contributed by atoms with Crippen molar-refractivity contribution in [2.24, 2.45) is 0 Å². The molecule has 0 spiro atoms. The quantitative estimate of drug-likeness (QED) is 0.631. The van der Waals surface area contributed by atoms with Crippen molar-refractivity contribution in [3.8, 4) is 0 Å². The lowest BCUT2D eigenvalue weighted by Gasteiger charge is -2.21. The lowest BCUT2D eigenvalue weighted by Crippen LogP contribution is -2.35. The van der Waals surface area contributed by atoms with Crippen molar-refractivity contribution >= 4 is 15.7 Å². The highest BCUT2D eigenvalue weighted by Crippen LogP contribution is 2.35. The third-order valence-corrected chi connectivity index (χ3v) is 5.61. The van der Waals surface area contributed by atoms with Gasteiger partial charge in [0.1, 0.15) is 0 Å². The lowest BCUT2D eigenvalue weighted by molar-refractivity contribution is -0.387. The summed E-state index contributed by atoms with van der Waals surface area (Å²) in [6.07, 6.45) is 1.44. The molecule has 0 saturated heterocycles. The third-order valence-electron chi connectivity index (χ3n) is 3.63. The number of aliphatic hydroxyl groups excluding tert-OH is 1. The van der Waals surface area contributed by atoms with E-state index in [1.807, 2.05) is 0 Å². The van der Waals surface area contributed by atoms with Crippen LogP contribution in [0.25, 0.3) is 0 Å². The molecule has 1 aromatic rings. The highest BCUT2D eigenvalue weighted by molar-refractivity contribution is 7.89. The van der Waals surface area contributed by atoms with Crippen LogP contribution in [0.2, 0.25) is 0 Å². The van der Waals surface area contributed by atoms with Gasteiger partial charge in [0.25, 0.3) is 5.69 Å². The molecule has 0 bridgehead atoms. The van der Waals surface area contributed by atoms with E-state index in [1.165, 1.54) is 16.4 Å². The summed E-state index contributed by atoms with van der Waals surface area (Å²) in [5.74, 6) is 0. The summed E-state index contributed by atoms with van der Waals surface area (Å²) in [6.45, 7) is 3.06. The van der Waals surface area contributed by atoms with Crippen LogP contribution < -0.4 is 0 Å². The molecular formula is C13H18N2O5S. The van der Waals surface area contributed by atoms with E-state index in [4.69, 9.17) is 5.11 Å². The summed E-state index contributed by atoms with van der Waals surface area (Å²) in [4.78, 5) is 10.2. The molecule has 1 saturated carbocycles. The monoisotopic (exact) mass is 314 g/mol. The van der Waals surface area contributed by atoms with E-state index < -0.39 is 20.6 Å². The molecule has 1 aromatic carbocycles. The molecule has 0 unspecified atom stereocenters. The number of rotatable bonds is 6. The van der Waals surface area contributed by atoms with Crippen LogP contribution in [-0.4, -0.2) is 41.9 Å². The zero-order chi connectivity index (χ0) is 15.8. The molecule has 0 heterocycles. The highest BCUT2D eigenvalue weighted by Gasteiger charge is 2.40. The van der Waals surface area contributed by atoms with Crippen LogP contribution in [0.15, 0.2) is 17.0 Å². The van der Waals surface area contributed by atoms with Crippen molar-refractivity contribution in [1.82, 2.24) is 4.31 Å². The van der Waals surface area contributed by atoms with Gasteiger partial charge in [-0.15, -0.1) is 0 Å². The molecular weight excluding hydrogens is 296 g/mol. The van der Waals surface area contributed by atoms with Crippen molar-refractivity contribution in [2.75, 3.05) is 13.2 Å². The number of nitro benzene ring substituents is 1. The molecule has 1 N–H and O–H groups in total. The van der Waals surface area contributed by atoms with Crippen molar-refractivity contribution in [2.45, 2.75) is 37.6 Å². The number of aliphatic hydroxyl groups is 1. The van der Waals surface area contributed by atoms with E-state index in [-0.39, 0.29) is 24.1 Å². The van der Waals surface area contributed by atoms with Crippen molar-refractivity contribution in [3.05, 3.63) is 33.4 Å². The standard InChI is InChI=1S/C13H18N2O5S/c1-9-7-12(15(17)18)13(8-10(9)2)21(19,20)14(5-6-16)11-3-4-11/h7-8,11,16H,3-6H2,1-2H3. The Morgan fingerprint density at radius 3 is 2.38 bits per heavy atom. The average Bonchev–Trinajstić information content (AvgIpc) is 3.22. The Bertz CT molecular complexity index is 667. The highest BCUT2D eigenvalue weighted by atomic mass is 32.2. The van der Waals surface area contributed by atoms with Crippen molar-refractivity contribution < 1.29 is 18.4 Å². The maximum Gasteiger partial charge on any atom is 0.289 e. The summed E-state index contributed by atoms with van der Waals surface area (Å²) in [6, 6.07) is 2.46. The molecule has 8 heteroatoms. The SMILES string of the molecule is Cc1cc([N+](=O)[O-])c(S(=O)(=O)N(CCO)C2CC2)cc1C. The lowest BCUT2D eigenvalue weighted by atomic mass is 10.1. The fourth-order valence-corrected chi connectivity index (χ4v) is 4.11. The first-order valence-corrected chi connectivity index (χ1v) is 8.11. The summed E-state index contributed by atoms with van der Waals surface area (Å²) < 4.78 is 26.6. The van der Waals surface area contributed by atoms with Crippen molar-refractivity contribution in [3.63, 3.8) is 0 Å². The van der Waals surface area contributed by atoms with Gasteiger partial charge in [-0.1, -0.05) is 0 Å². The van der Waals surface area contributed by atoms with E-state index in [0.29, 0.717) is 11.1 Å². The van der Waals surface area contributed by atoms with Gasteiger partial charge in [-0.3, -0.25) is 10.1 Å². The van der Waals surface area contributed by atoms with E-state index in [1.54, 1.807) is 13.8 Å². The Labute approximate surface area is 123 Å². The van der Waals surface area contributed by atoms with Crippen LogP contribution in [-0.2, 0) is 10.0 Å². The Balaban J connectivity index is 2.57. The predicted octanol–water partition coefficient (Wildman–Crippen LogP) is 1.36. The number of hydrogen-bond acceptors (Lipinski definition) is 5. The summed E-state index contributed by atoms with van der Waals surface area (Å²) in [5.41, 5.74) is 0.932. The molecule has 2 rings (SSSR count). The van der Waals surface area contributed by atoms with Crippen LogP contribution >= 0.6 is 0 Å². The van der Waals surface area contributed by atoms with Gasteiger partial charge in [0, 0.05) is 18.7 Å². The second-order valence-electron chi connectivity index (χ2n) is 5.23. The fraction of sp³-hybridized carbons (Fsp3) is 0.538. The Kier molecular flexibility index (Phi) is 4.31. The number of hydrogen-bond donors (Lipinski definition) is 1. The fourth-order valence-electron chi connectivity index (χ4n) is 2.21. The maximum atomic E-state index is 12.7. The second-order valence-corrected chi connectivity index (χ2v) is 7.09. The molecule has 0 aromatic heterocycles. The number of nitrogens with zero attached hydrogens (tertiary/aromatic N) is 2. The van der Waals surface area contributed by atoms with Gasteiger partial charge in [-0.2, -0.15) is 4.31 Å². The number of sulfonamides is 1. The minimum Gasteiger partial charge on any atom is -0.395 e. The van der Waals surface area contributed by atoms with Crippen LogP contribution in [0.1, 0.15) is 24.0 Å². The first-order valence-electron chi connectivity index (χ1n) is 6.67. The predicted molar refractivity (Wildman–Crippen MR) is 76.6 cm³/mol. The van der Waals surface area contributed by atoms with Gasteiger partial charge in [0.2, 0.25) is 10.0 Å². The third kappa shape index (κ3) is 3.07. The normalized spacial score (nSPS) is 15.4. The van der Waals surface area contributed by atoms with Gasteiger partial charge < -0.3 is 5.11 Å². The van der Waals surface area contributed by atoms with Gasteiger partial charge in [-0.05, 0) is 43.9 Å². The number of nitro groups is 1. The minimum atomic E-state index is -3.98. The number of aryl methyl sites for hydroxylation is 2. The second kappa shape index (κ2) is 5.70. The van der Waals surface area contributed by atoms with Crippen LogP contribution in [0.4, 0.5) is 5.69 Å². The molecule has 21 heavy (non-hydrogen) atoms. The summed E-state index contributed by atoms with van der Waals surface area (Å²) in [5, 5.41) is 20.2. The van der Waals surface area contributed by atoms with Gasteiger partial charge in [0.05, 0.1) is 11.5 Å². The maximum absolute atomic E-state index is 12.7. The zero-order valence-corrected chi connectivity index (χ0v) is 12.8. The molecule has 1 aliphatic rings. The average molecular weight is 314 g/mol. The van der Waals surface area contributed by atoms with E-state index in [9.17, 15) is 18.5 Å². The van der Waals surface area contributed by atoms with E-state index >= 15 is 0 Å². The molecule has 0 aliphatic heterocycles. The van der Waals surface area contributed by atoms with Crippen molar-refractivity contribution in [1.29, 1.82) is 0 Å². The summed E-state index contributed by atoms with van der Waals surface area (Å²) >= 11 is 0. The Morgan fingerprint density at radius 2 is 1.90 bits per heavy atom.